The van der Waals surface area contributed by atoms with Gasteiger partial charge in [0.15, 0.2) is 0 Å². The molecule has 5 N–H and O–H groups in total. The molecule has 12 heteroatoms. The zero-order valence-electron chi connectivity index (χ0n) is 19.5. The first-order chi connectivity index (χ1) is 16.8. The van der Waals surface area contributed by atoms with Crippen LogP contribution in [-0.2, 0) is 20.8 Å². The Labute approximate surface area is 211 Å². The van der Waals surface area contributed by atoms with Gasteiger partial charge in [-0.3, -0.25) is 14.4 Å². The molecule has 0 bridgehead atoms. The summed E-state index contributed by atoms with van der Waals surface area (Å²) in [6, 6.07) is 7.46. The largest absolute Gasteiger partial charge is 0.497 e. The van der Waals surface area contributed by atoms with Gasteiger partial charge in [-0.1, -0.05) is 12.1 Å². The number of thioether (sulfide) groups is 1. The molecule has 0 spiro atoms. The van der Waals surface area contributed by atoms with E-state index in [4.69, 9.17) is 10.5 Å². The summed E-state index contributed by atoms with van der Waals surface area (Å²) in [7, 11) is 1.53. The van der Waals surface area contributed by atoms with Crippen molar-refractivity contribution in [2.75, 3.05) is 31.0 Å². The van der Waals surface area contributed by atoms with E-state index in [2.05, 4.69) is 16.0 Å². The monoisotopic (exact) mass is 519 g/mol. The normalized spacial score (nSPS) is 17.9. The predicted molar refractivity (Wildman–Crippen MR) is 137 cm³/mol. The number of ether oxygens (including phenoxy) is 1. The number of benzene rings is 1. The second-order valence-electron chi connectivity index (χ2n) is 7.94. The van der Waals surface area contributed by atoms with Gasteiger partial charge in [-0.25, -0.2) is 4.79 Å². The first kappa shape index (κ1) is 26.4. The van der Waals surface area contributed by atoms with Gasteiger partial charge in [-0.15, -0.1) is 11.3 Å². The van der Waals surface area contributed by atoms with Crippen molar-refractivity contribution < 1.29 is 23.9 Å². The van der Waals surface area contributed by atoms with Crippen molar-refractivity contribution >= 4 is 52.5 Å². The topological polar surface area (TPSA) is 143 Å². The number of anilines is 1. The van der Waals surface area contributed by atoms with E-state index in [9.17, 15) is 19.2 Å². The van der Waals surface area contributed by atoms with Gasteiger partial charge in [0.25, 0.3) is 0 Å². The Hall–Kier alpha value is -3.25. The van der Waals surface area contributed by atoms with Crippen molar-refractivity contribution in [2.45, 2.75) is 31.0 Å². The fourth-order valence-corrected chi connectivity index (χ4v) is 5.06. The lowest BCUT2D eigenvalue weighted by Gasteiger charge is -2.29. The van der Waals surface area contributed by atoms with E-state index in [1.54, 1.807) is 30.5 Å². The van der Waals surface area contributed by atoms with Crippen LogP contribution >= 0.6 is 23.1 Å². The second kappa shape index (κ2) is 12.5. The number of urea groups is 1. The van der Waals surface area contributed by atoms with Gasteiger partial charge in [0.2, 0.25) is 17.7 Å². The fraction of sp³-hybridized carbons (Fsp3) is 0.391. The first-order valence-corrected chi connectivity index (χ1v) is 13.2. The molecule has 188 valence electrons. The molecule has 2 aromatic rings. The van der Waals surface area contributed by atoms with Crippen molar-refractivity contribution in [3.63, 3.8) is 0 Å². The Morgan fingerprint density at radius 1 is 1.26 bits per heavy atom. The van der Waals surface area contributed by atoms with E-state index in [-0.39, 0.29) is 18.1 Å². The summed E-state index contributed by atoms with van der Waals surface area (Å²) in [4.78, 5) is 53.2. The molecule has 10 nitrogen and oxygen atoms in total. The van der Waals surface area contributed by atoms with Crippen LogP contribution < -0.4 is 26.4 Å². The van der Waals surface area contributed by atoms with Crippen LogP contribution in [0.5, 0.6) is 5.75 Å². The Morgan fingerprint density at radius 2 is 2.06 bits per heavy atom. The summed E-state index contributed by atoms with van der Waals surface area (Å²) in [6.07, 6.45) is 2.43. The maximum absolute atomic E-state index is 13.3. The molecule has 1 fully saturated rings. The number of methoxy groups -OCH3 is 1. The lowest BCUT2D eigenvalue weighted by molar-refractivity contribution is -0.138. The van der Waals surface area contributed by atoms with Crippen molar-refractivity contribution in [1.29, 1.82) is 0 Å². The summed E-state index contributed by atoms with van der Waals surface area (Å²) >= 11 is 2.80. The molecule has 0 unspecified atom stereocenters. The maximum Gasteiger partial charge on any atom is 0.319 e. The van der Waals surface area contributed by atoms with Gasteiger partial charge < -0.3 is 31.3 Å². The minimum Gasteiger partial charge on any atom is -0.497 e. The third-order valence-electron chi connectivity index (χ3n) is 5.54. The molecular formula is C23H29N5O5S2. The van der Waals surface area contributed by atoms with Gasteiger partial charge in [0, 0.05) is 29.6 Å². The number of primary amides is 1. The Morgan fingerprint density at radius 3 is 2.71 bits per heavy atom. The molecule has 5 amide bonds. The average molecular weight is 520 g/mol. The second-order valence-corrected chi connectivity index (χ2v) is 9.84. The van der Waals surface area contributed by atoms with Gasteiger partial charge in [0.1, 0.15) is 17.8 Å². The standard InChI is InChI=1S/C23H29N5O5S2/c1-33-15-6-3-5-14(11-15)25-23(32)27-17-8-9-28(19(29)13-34-2)20(17)22(31)26-18(21(24)30)12-16-7-4-10-35-16/h3-7,10-11,17-18,20H,8-9,12-13H2,1-2H3,(H2,24,30)(H,26,31)(H2,25,27,32)/t17-,18-,20-/m0/s1. The van der Waals surface area contributed by atoms with E-state index in [1.807, 2.05) is 17.5 Å². The third-order valence-corrected chi connectivity index (χ3v) is 6.98. The molecule has 1 aliphatic rings. The van der Waals surface area contributed by atoms with Gasteiger partial charge in [-0.2, -0.15) is 11.8 Å². The number of hydrogen-bond donors (Lipinski definition) is 4. The average Bonchev–Trinajstić information content (AvgIpc) is 3.48. The first-order valence-electron chi connectivity index (χ1n) is 10.9. The number of thiophene rings is 1. The van der Waals surface area contributed by atoms with Crippen molar-refractivity contribution in [2.24, 2.45) is 5.73 Å². The number of nitrogens with two attached hydrogens (primary N) is 1. The lowest BCUT2D eigenvalue weighted by atomic mass is 10.1. The number of likely N-dealkylation sites (tertiary alicyclic amines) is 1. The Bertz CT molecular complexity index is 1050. The summed E-state index contributed by atoms with van der Waals surface area (Å²) < 4.78 is 5.17. The van der Waals surface area contributed by atoms with E-state index >= 15 is 0 Å². The summed E-state index contributed by atoms with van der Waals surface area (Å²) in [5, 5.41) is 10.1. The highest BCUT2D eigenvalue weighted by Gasteiger charge is 2.43. The number of nitrogens with one attached hydrogen (secondary N) is 3. The number of rotatable bonds is 10. The molecule has 0 radical (unpaired) electrons. The SMILES string of the molecule is COc1cccc(NC(=O)N[C@H]2CCN(C(=O)CSC)[C@@H]2C(=O)N[C@@H](Cc2cccs2)C(N)=O)c1. The molecule has 1 aliphatic heterocycles. The van der Waals surface area contributed by atoms with Crippen LogP contribution in [0.3, 0.4) is 0 Å². The number of amides is 5. The highest BCUT2D eigenvalue weighted by Crippen LogP contribution is 2.22. The molecule has 3 atom stereocenters. The van der Waals surface area contributed by atoms with Gasteiger partial charge in [0.05, 0.1) is 18.9 Å². The molecule has 2 heterocycles. The summed E-state index contributed by atoms with van der Waals surface area (Å²) in [5.41, 5.74) is 6.06. The molecule has 0 saturated carbocycles. The molecule has 35 heavy (non-hydrogen) atoms. The zero-order chi connectivity index (χ0) is 25.4. The highest BCUT2D eigenvalue weighted by molar-refractivity contribution is 7.99. The van der Waals surface area contributed by atoms with Crippen LogP contribution in [0.25, 0.3) is 0 Å². The van der Waals surface area contributed by atoms with E-state index < -0.39 is 36.0 Å². The van der Waals surface area contributed by atoms with E-state index in [0.717, 1.165) is 4.88 Å². The minimum absolute atomic E-state index is 0.195. The highest BCUT2D eigenvalue weighted by atomic mass is 32.2. The smallest absolute Gasteiger partial charge is 0.319 e. The summed E-state index contributed by atoms with van der Waals surface area (Å²) in [6.45, 7) is 0.299. The molecule has 0 aliphatic carbocycles. The summed E-state index contributed by atoms with van der Waals surface area (Å²) in [5.74, 6) is -0.654. The molecule has 1 aromatic heterocycles. The van der Waals surface area contributed by atoms with Crippen LogP contribution in [0.2, 0.25) is 0 Å². The van der Waals surface area contributed by atoms with Crippen LogP contribution in [-0.4, -0.2) is 72.4 Å². The van der Waals surface area contributed by atoms with Crippen molar-refractivity contribution in [3.05, 3.63) is 46.7 Å². The quantitative estimate of drug-likeness (QED) is 0.374. The van der Waals surface area contributed by atoms with Crippen molar-refractivity contribution in [1.82, 2.24) is 15.5 Å². The molecule has 1 aromatic carbocycles. The number of nitrogens with zero attached hydrogens (tertiary/aromatic N) is 1. The lowest BCUT2D eigenvalue weighted by Crippen LogP contribution is -2.58. The van der Waals surface area contributed by atoms with Gasteiger partial charge >= 0.3 is 6.03 Å². The minimum atomic E-state index is -0.976. The Kier molecular flexibility index (Phi) is 9.38. The van der Waals surface area contributed by atoms with Crippen LogP contribution in [0.1, 0.15) is 11.3 Å². The van der Waals surface area contributed by atoms with Crippen LogP contribution in [0, 0.1) is 0 Å². The van der Waals surface area contributed by atoms with E-state index in [0.29, 0.717) is 24.4 Å². The molecule has 3 rings (SSSR count). The van der Waals surface area contributed by atoms with E-state index in [1.165, 1.54) is 35.1 Å². The van der Waals surface area contributed by atoms with Crippen LogP contribution in [0.4, 0.5) is 10.5 Å². The maximum atomic E-state index is 13.3. The fourth-order valence-electron chi connectivity index (χ4n) is 3.90. The number of hydrogen-bond acceptors (Lipinski definition) is 7. The van der Waals surface area contributed by atoms with Crippen molar-refractivity contribution in [3.8, 4) is 5.75 Å². The Balaban J connectivity index is 1.74. The van der Waals surface area contributed by atoms with Gasteiger partial charge in [-0.05, 0) is 36.3 Å². The van der Waals surface area contributed by atoms with Crippen LogP contribution in [0.15, 0.2) is 41.8 Å². The zero-order valence-corrected chi connectivity index (χ0v) is 21.1. The molecular weight excluding hydrogens is 490 g/mol. The third kappa shape index (κ3) is 7.12. The number of carbonyl (C=O) groups excluding carboxylic acids is 4. The molecule has 1 saturated heterocycles. The predicted octanol–water partition coefficient (Wildman–Crippen LogP) is 1.42. The number of carbonyl (C=O) groups is 4.